The molecule has 6 nitrogen and oxygen atoms in total. The van der Waals surface area contributed by atoms with E-state index >= 15 is 0 Å². The maximum atomic E-state index is 11.4. The first-order valence-corrected chi connectivity index (χ1v) is 10.4. The van der Waals surface area contributed by atoms with Gasteiger partial charge < -0.3 is 19.9 Å². The van der Waals surface area contributed by atoms with Crippen molar-refractivity contribution in [3.05, 3.63) is 77.5 Å². The lowest BCUT2D eigenvalue weighted by Crippen LogP contribution is -2.10. The van der Waals surface area contributed by atoms with Crippen LogP contribution in [0, 0.1) is 0 Å². The Morgan fingerprint density at radius 2 is 2.03 bits per heavy atom. The Balaban J connectivity index is 1.52. The summed E-state index contributed by atoms with van der Waals surface area (Å²) in [6, 6.07) is 19.3. The fourth-order valence-corrected chi connectivity index (χ4v) is 3.86. The summed E-state index contributed by atoms with van der Waals surface area (Å²) in [7, 11) is 1.85. The number of aliphatic carboxylic acids is 1. The van der Waals surface area contributed by atoms with E-state index in [0.29, 0.717) is 30.3 Å². The number of pyridine rings is 1. The minimum absolute atomic E-state index is 0.0638. The topological polar surface area (TPSA) is 80.7 Å². The summed E-state index contributed by atoms with van der Waals surface area (Å²) >= 11 is 0. The first-order chi connectivity index (χ1) is 15.0. The Kier molecular flexibility index (Phi) is 6.07. The lowest BCUT2D eigenvalue weighted by atomic mass is 9.89. The van der Waals surface area contributed by atoms with E-state index < -0.39 is 5.97 Å². The highest BCUT2D eigenvalue weighted by Crippen LogP contribution is 2.42. The quantitative estimate of drug-likeness (QED) is 0.548. The summed E-state index contributed by atoms with van der Waals surface area (Å²) < 4.78 is 12.2. The second-order valence-corrected chi connectivity index (χ2v) is 7.82. The zero-order valence-corrected chi connectivity index (χ0v) is 17.7. The number of anilines is 1. The minimum atomic E-state index is -0.812. The second kappa shape index (κ2) is 9.08. The highest BCUT2D eigenvalue weighted by molar-refractivity contribution is 5.69. The van der Waals surface area contributed by atoms with Crippen LogP contribution < -0.4 is 14.8 Å². The Morgan fingerprint density at radius 1 is 1.19 bits per heavy atom. The zero-order valence-electron chi connectivity index (χ0n) is 17.7. The van der Waals surface area contributed by atoms with Gasteiger partial charge >= 0.3 is 5.97 Å². The lowest BCUT2D eigenvalue weighted by Gasteiger charge is -2.15. The van der Waals surface area contributed by atoms with Crippen molar-refractivity contribution in [3.63, 3.8) is 0 Å². The summed E-state index contributed by atoms with van der Waals surface area (Å²) in [6.45, 7) is 2.56. The van der Waals surface area contributed by atoms with E-state index in [9.17, 15) is 9.90 Å². The molecule has 2 heterocycles. The van der Waals surface area contributed by atoms with Gasteiger partial charge in [-0.15, -0.1) is 0 Å². The van der Waals surface area contributed by atoms with Gasteiger partial charge in [0.25, 0.3) is 0 Å². The number of carboxylic acid groups (broad SMARTS) is 1. The molecule has 3 aromatic rings. The summed E-state index contributed by atoms with van der Waals surface area (Å²) in [5, 5.41) is 12.4. The van der Waals surface area contributed by atoms with Gasteiger partial charge in [0, 0.05) is 30.6 Å². The molecule has 31 heavy (non-hydrogen) atoms. The van der Waals surface area contributed by atoms with Crippen LogP contribution in [0.3, 0.4) is 0 Å². The molecular weight excluding hydrogens is 392 g/mol. The van der Waals surface area contributed by atoms with E-state index in [1.807, 2.05) is 67.7 Å². The second-order valence-electron chi connectivity index (χ2n) is 7.82. The van der Waals surface area contributed by atoms with Crippen molar-refractivity contribution < 1.29 is 19.4 Å². The maximum Gasteiger partial charge on any atom is 0.303 e. The molecule has 0 fully saturated rings. The average molecular weight is 418 g/mol. The molecular formula is C25H26N2O4. The van der Waals surface area contributed by atoms with Gasteiger partial charge in [-0.2, -0.15) is 0 Å². The van der Waals surface area contributed by atoms with E-state index in [-0.39, 0.29) is 18.3 Å². The van der Waals surface area contributed by atoms with Crippen LogP contribution in [0.2, 0.25) is 0 Å². The van der Waals surface area contributed by atoms with Crippen LogP contribution in [-0.4, -0.2) is 29.7 Å². The molecule has 4 rings (SSSR count). The van der Waals surface area contributed by atoms with Gasteiger partial charge in [-0.05, 0) is 41.8 Å². The molecule has 6 heteroatoms. The summed E-state index contributed by atoms with van der Waals surface area (Å²) in [4.78, 5) is 16.0. The van der Waals surface area contributed by atoms with Crippen LogP contribution in [0.5, 0.6) is 17.2 Å². The smallest absolute Gasteiger partial charge is 0.303 e. The summed E-state index contributed by atoms with van der Waals surface area (Å²) in [5.74, 6) is 2.13. The van der Waals surface area contributed by atoms with Gasteiger partial charge in [0.1, 0.15) is 23.1 Å². The number of para-hydroxylation sites is 1. The van der Waals surface area contributed by atoms with Gasteiger partial charge in [-0.3, -0.25) is 4.79 Å². The Hall–Kier alpha value is -3.54. The molecule has 0 bridgehead atoms. The van der Waals surface area contributed by atoms with Gasteiger partial charge in [0.15, 0.2) is 0 Å². The molecule has 0 saturated carbocycles. The molecule has 1 aliphatic heterocycles. The number of carbonyl (C=O) groups is 1. The first-order valence-electron chi connectivity index (χ1n) is 10.4. The minimum Gasteiger partial charge on any atom is -0.493 e. The van der Waals surface area contributed by atoms with Crippen LogP contribution in [0.25, 0.3) is 0 Å². The predicted octanol–water partition coefficient (Wildman–Crippen LogP) is 5.21. The van der Waals surface area contributed by atoms with E-state index in [0.717, 1.165) is 22.6 Å². The van der Waals surface area contributed by atoms with Crippen LogP contribution in [0.15, 0.2) is 60.7 Å². The maximum absolute atomic E-state index is 11.4. The van der Waals surface area contributed by atoms with Crippen molar-refractivity contribution in [2.24, 2.45) is 0 Å². The SMILES string of the molecule is CNc1cccc(C(C)COc2ccc3c(c2)Oc2ccccc2C(CC(=O)O)C3)n1. The number of hydrogen-bond donors (Lipinski definition) is 2. The number of rotatable bonds is 7. The molecule has 2 unspecified atom stereocenters. The fourth-order valence-electron chi connectivity index (χ4n) is 3.86. The van der Waals surface area contributed by atoms with E-state index in [4.69, 9.17) is 9.47 Å². The molecule has 2 aromatic carbocycles. The van der Waals surface area contributed by atoms with Crippen LogP contribution in [0.4, 0.5) is 5.82 Å². The molecule has 0 amide bonds. The average Bonchev–Trinajstić information content (AvgIpc) is 2.93. The third kappa shape index (κ3) is 4.79. The van der Waals surface area contributed by atoms with Crippen LogP contribution in [0.1, 0.15) is 42.0 Å². The van der Waals surface area contributed by atoms with Crippen molar-refractivity contribution in [2.45, 2.75) is 31.6 Å². The molecule has 0 saturated heterocycles. The van der Waals surface area contributed by atoms with Crippen molar-refractivity contribution in [1.82, 2.24) is 4.98 Å². The van der Waals surface area contributed by atoms with Crippen molar-refractivity contribution in [3.8, 4) is 17.2 Å². The number of ether oxygens (including phenoxy) is 2. The normalized spacial score (nSPS) is 15.6. The summed E-state index contributed by atoms with van der Waals surface area (Å²) in [5.41, 5.74) is 2.86. The Labute approximate surface area is 181 Å². The molecule has 160 valence electrons. The third-order valence-corrected chi connectivity index (χ3v) is 5.54. The molecule has 1 aliphatic rings. The third-order valence-electron chi connectivity index (χ3n) is 5.54. The number of benzene rings is 2. The molecule has 2 N–H and O–H groups in total. The number of carboxylic acids is 1. The fraction of sp³-hybridized carbons (Fsp3) is 0.280. The summed E-state index contributed by atoms with van der Waals surface area (Å²) in [6.07, 6.45) is 0.671. The molecule has 0 radical (unpaired) electrons. The molecule has 2 atom stereocenters. The van der Waals surface area contributed by atoms with E-state index in [2.05, 4.69) is 17.2 Å². The van der Waals surface area contributed by atoms with Crippen molar-refractivity contribution in [2.75, 3.05) is 19.0 Å². The number of aromatic nitrogens is 1. The standard InChI is InChI=1S/C25H26N2O4/c1-16(21-7-5-9-24(26-2)27-21)15-30-19-11-10-17-12-18(13-25(28)29)20-6-3-4-8-22(20)31-23(17)14-19/h3-11,14,16,18H,12-13,15H2,1-2H3,(H,26,27)(H,28,29). The molecule has 1 aromatic heterocycles. The van der Waals surface area contributed by atoms with Crippen molar-refractivity contribution in [1.29, 1.82) is 0 Å². The van der Waals surface area contributed by atoms with Crippen LogP contribution >= 0.6 is 0 Å². The van der Waals surface area contributed by atoms with Gasteiger partial charge in [-0.1, -0.05) is 37.3 Å². The first kappa shape index (κ1) is 20.7. The van der Waals surface area contributed by atoms with E-state index in [1.165, 1.54) is 0 Å². The van der Waals surface area contributed by atoms with Crippen molar-refractivity contribution >= 4 is 11.8 Å². The lowest BCUT2D eigenvalue weighted by molar-refractivity contribution is -0.137. The number of hydrogen-bond acceptors (Lipinski definition) is 5. The van der Waals surface area contributed by atoms with Gasteiger partial charge in [-0.25, -0.2) is 4.98 Å². The monoisotopic (exact) mass is 418 g/mol. The van der Waals surface area contributed by atoms with E-state index in [1.54, 1.807) is 0 Å². The Morgan fingerprint density at radius 3 is 2.84 bits per heavy atom. The highest BCUT2D eigenvalue weighted by atomic mass is 16.5. The predicted molar refractivity (Wildman–Crippen MR) is 119 cm³/mol. The zero-order chi connectivity index (χ0) is 21.8. The number of nitrogens with one attached hydrogen (secondary N) is 1. The molecule has 0 spiro atoms. The Bertz CT molecular complexity index is 1080. The largest absolute Gasteiger partial charge is 0.493 e. The number of nitrogens with zero attached hydrogens (tertiary/aromatic N) is 1. The van der Waals surface area contributed by atoms with Gasteiger partial charge in [0.2, 0.25) is 0 Å². The molecule has 0 aliphatic carbocycles. The van der Waals surface area contributed by atoms with Gasteiger partial charge in [0.05, 0.1) is 13.0 Å². The number of fused-ring (bicyclic) bond motifs is 2. The highest BCUT2D eigenvalue weighted by Gasteiger charge is 2.25. The van der Waals surface area contributed by atoms with Crippen LogP contribution in [-0.2, 0) is 11.2 Å².